The van der Waals surface area contributed by atoms with Crippen LogP contribution in [0.25, 0.3) is 11.5 Å². The van der Waals surface area contributed by atoms with Gasteiger partial charge in [0, 0.05) is 16.4 Å². The van der Waals surface area contributed by atoms with Gasteiger partial charge in [0.1, 0.15) is 10.8 Å². The van der Waals surface area contributed by atoms with Crippen molar-refractivity contribution in [2.75, 3.05) is 0 Å². The highest BCUT2D eigenvalue weighted by atomic mass is 79.9. The van der Waals surface area contributed by atoms with Crippen LogP contribution < -0.4 is 0 Å². The summed E-state index contributed by atoms with van der Waals surface area (Å²) in [5, 5.41) is 0.426. The molecule has 0 aliphatic rings. The molecule has 2 heterocycles. The van der Waals surface area contributed by atoms with Gasteiger partial charge in [-0.25, -0.2) is 9.97 Å². The van der Waals surface area contributed by atoms with E-state index in [-0.39, 0.29) is 0 Å². The first-order chi connectivity index (χ1) is 7.16. The molecular weight excluding hydrogens is 277 g/mol. The number of rotatable bonds is 1. The Hall–Kier alpha value is -1.000. The minimum absolute atomic E-state index is 0.426. The molecule has 0 fully saturated rings. The molecule has 15 heavy (non-hydrogen) atoms. The third-order valence-corrected chi connectivity index (χ3v) is 2.63. The normalized spacial score (nSPS) is 10.3. The van der Waals surface area contributed by atoms with Crippen molar-refractivity contribution in [3.05, 3.63) is 39.7 Å². The number of aryl methyl sites for hydroxylation is 1. The first-order valence-corrected chi connectivity index (χ1v) is 5.46. The zero-order chi connectivity index (χ0) is 10.8. The van der Waals surface area contributed by atoms with Crippen molar-refractivity contribution in [1.29, 1.82) is 0 Å². The fraction of sp³-hybridized carbons (Fsp3) is 0.100. The zero-order valence-electron chi connectivity index (χ0n) is 7.91. The fourth-order valence-electron chi connectivity index (χ4n) is 1.19. The molecule has 0 N–H and O–H groups in total. The predicted octanol–water partition coefficient (Wildman–Crippen LogP) is 3.26. The molecule has 0 bridgehead atoms. The number of aromatic nitrogens is 3. The maximum Gasteiger partial charge on any atom is 0.180 e. The number of hydrogen-bond acceptors (Lipinski definition) is 3. The largest absolute Gasteiger partial charge is 0.252 e. The molecule has 0 aromatic carbocycles. The van der Waals surface area contributed by atoms with Crippen molar-refractivity contribution < 1.29 is 0 Å². The Kier molecular flexibility index (Phi) is 2.98. The van der Waals surface area contributed by atoms with Crippen LogP contribution in [0.2, 0.25) is 5.15 Å². The van der Waals surface area contributed by atoms with Crippen molar-refractivity contribution >= 4 is 27.5 Å². The van der Waals surface area contributed by atoms with E-state index in [0.29, 0.717) is 16.7 Å². The second-order valence-corrected chi connectivity index (χ2v) is 4.23. The van der Waals surface area contributed by atoms with Crippen LogP contribution in [0.5, 0.6) is 0 Å². The number of pyridine rings is 1. The van der Waals surface area contributed by atoms with Gasteiger partial charge < -0.3 is 0 Å². The summed E-state index contributed by atoms with van der Waals surface area (Å²) < 4.78 is 0.853. The van der Waals surface area contributed by atoms with Crippen LogP contribution in [-0.4, -0.2) is 15.0 Å². The standard InChI is InChI=1S/C10H7BrClN3/c1-6-5-8(12)15-10(14-6)9-7(11)3-2-4-13-9/h2-5H,1H3. The van der Waals surface area contributed by atoms with E-state index in [9.17, 15) is 0 Å². The third-order valence-electron chi connectivity index (χ3n) is 1.79. The van der Waals surface area contributed by atoms with Gasteiger partial charge in [-0.05, 0) is 41.1 Å². The summed E-state index contributed by atoms with van der Waals surface area (Å²) in [7, 11) is 0. The fourth-order valence-corrected chi connectivity index (χ4v) is 1.86. The van der Waals surface area contributed by atoms with E-state index in [1.807, 2.05) is 19.1 Å². The van der Waals surface area contributed by atoms with Crippen LogP contribution in [0.1, 0.15) is 5.69 Å². The van der Waals surface area contributed by atoms with Crippen molar-refractivity contribution in [1.82, 2.24) is 15.0 Å². The van der Waals surface area contributed by atoms with Gasteiger partial charge in [0.15, 0.2) is 5.82 Å². The predicted molar refractivity (Wildman–Crippen MR) is 62.7 cm³/mol. The van der Waals surface area contributed by atoms with E-state index in [1.54, 1.807) is 12.3 Å². The Morgan fingerprint density at radius 1 is 1.33 bits per heavy atom. The Labute approximate surface area is 101 Å². The molecule has 0 saturated heterocycles. The molecule has 2 aromatic rings. The zero-order valence-corrected chi connectivity index (χ0v) is 10.2. The van der Waals surface area contributed by atoms with Gasteiger partial charge in [0.05, 0.1) is 0 Å². The number of halogens is 2. The first kappa shape index (κ1) is 10.5. The molecule has 0 aliphatic carbocycles. The van der Waals surface area contributed by atoms with Crippen LogP contribution in [0, 0.1) is 6.92 Å². The molecule has 0 amide bonds. The maximum atomic E-state index is 5.86. The topological polar surface area (TPSA) is 38.7 Å². The van der Waals surface area contributed by atoms with E-state index < -0.39 is 0 Å². The minimum Gasteiger partial charge on any atom is -0.252 e. The van der Waals surface area contributed by atoms with E-state index in [4.69, 9.17) is 11.6 Å². The van der Waals surface area contributed by atoms with Crippen LogP contribution in [0.3, 0.4) is 0 Å². The molecule has 0 radical (unpaired) electrons. The third kappa shape index (κ3) is 2.33. The van der Waals surface area contributed by atoms with E-state index in [0.717, 1.165) is 10.2 Å². The van der Waals surface area contributed by atoms with Crippen molar-refractivity contribution in [2.45, 2.75) is 6.92 Å². The SMILES string of the molecule is Cc1cc(Cl)nc(-c2ncccc2Br)n1. The number of nitrogens with zero attached hydrogens (tertiary/aromatic N) is 3. The van der Waals surface area contributed by atoms with Crippen LogP contribution in [-0.2, 0) is 0 Å². The van der Waals surface area contributed by atoms with E-state index in [1.165, 1.54) is 0 Å². The second-order valence-electron chi connectivity index (χ2n) is 2.99. The summed E-state index contributed by atoms with van der Waals surface area (Å²) in [5.74, 6) is 0.535. The van der Waals surface area contributed by atoms with Crippen molar-refractivity contribution in [2.24, 2.45) is 0 Å². The van der Waals surface area contributed by atoms with Gasteiger partial charge in [-0.3, -0.25) is 4.98 Å². The Morgan fingerprint density at radius 3 is 2.80 bits per heavy atom. The highest BCUT2D eigenvalue weighted by molar-refractivity contribution is 9.10. The van der Waals surface area contributed by atoms with Gasteiger partial charge >= 0.3 is 0 Å². The molecule has 0 spiro atoms. The second kappa shape index (κ2) is 4.24. The monoisotopic (exact) mass is 283 g/mol. The van der Waals surface area contributed by atoms with E-state index in [2.05, 4.69) is 30.9 Å². The smallest absolute Gasteiger partial charge is 0.180 e. The van der Waals surface area contributed by atoms with Crippen LogP contribution in [0.15, 0.2) is 28.9 Å². The van der Waals surface area contributed by atoms with Crippen molar-refractivity contribution in [3.63, 3.8) is 0 Å². The maximum absolute atomic E-state index is 5.86. The molecule has 3 nitrogen and oxygen atoms in total. The lowest BCUT2D eigenvalue weighted by Crippen LogP contribution is -1.94. The van der Waals surface area contributed by atoms with Gasteiger partial charge in [-0.1, -0.05) is 11.6 Å². The first-order valence-electron chi connectivity index (χ1n) is 4.29. The van der Waals surface area contributed by atoms with Gasteiger partial charge in [-0.15, -0.1) is 0 Å². The quantitative estimate of drug-likeness (QED) is 0.755. The Bertz CT molecular complexity index is 482. The van der Waals surface area contributed by atoms with Gasteiger partial charge in [-0.2, -0.15) is 0 Å². The molecule has 0 atom stereocenters. The summed E-state index contributed by atoms with van der Waals surface area (Å²) in [6, 6.07) is 5.44. The summed E-state index contributed by atoms with van der Waals surface area (Å²) in [5.41, 5.74) is 1.52. The summed E-state index contributed by atoms with van der Waals surface area (Å²) >= 11 is 9.25. The van der Waals surface area contributed by atoms with Crippen molar-refractivity contribution in [3.8, 4) is 11.5 Å². The molecule has 76 valence electrons. The lowest BCUT2D eigenvalue weighted by molar-refractivity contribution is 1.08. The van der Waals surface area contributed by atoms with E-state index >= 15 is 0 Å². The minimum atomic E-state index is 0.426. The summed E-state index contributed by atoms with van der Waals surface area (Å²) in [6.07, 6.45) is 1.69. The summed E-state index contributed by atoms with van der Waals surface area (Å²) in [6.45, 7) is 1.87. The highest BCUT2D eigenvalue weighted by Gasteiger charge is 2.08. The molecule has 2 rings (SSSR count). The molecule has 0 aliphatic heterocycles. The molecule has 5 heteroatoms. The van der Waals surface area contributed by atoms with Gasteiger partial charge in [0.25, 0.3) is 0 Å². The molecule has 0 saturated carbocycles. The average Bonchev–Trinajstić information content (AvgIpc) is 2.16. The average molecular weight is 285 g/mol. The Morgan fingerprint density at radius 2 is 2.13 bits per heavy atom. The lowest BCUT2D eigenvalue weighted by atomic mass is 10.3. The summed E-state index contributed by atoms with van der Waals surface area (Å²) in [4.78, 5) is 12.6. The molecule has 0 unspecified atom stereocenters. The highest BCUT2D eigenvalue weighted by Crippen LogP contribution is 2.23. The van der Waals surface area contributed by atoms with Gasteiger partial charge in [0.2, 0.25) is 0 Å². The Balaban J connectivity index is 2.59. The molecule has 2 aromatic heterocycles. The molecular formula is C10H7BrClN3. The lowest BCUT2D eigenvalue weighted by Gasteiger charge is -2.02. The van der Waals surface area contributed by atoms with Crippen LogP contribution in [0.4, 0.5) is 0 Å². The van der Waals surface area contributed by atoms with Crippen LogP contribution >= 0.6 is 27.5 Å². The number of hydrogen-bond donors (Lipinski definition) is 0.